The predicted molar refractivity (Wildman–Crippen MR) is 135 cm³/mol. The summed E-state index contributed by atoms with van der Waals surface area (Å²) >= 11 is 0. The molecule has 2 atom stereocenters. The van der Waals surface area contributed by atoms with Crippen LogP contribution in [0.3, 0.4) is 0 Å². The molecule has 0 heteroatoms. The van der Waals surface area contributed by atoms with Gasteiger partial charge in [-0.2, -0.15) is 0 Å². The summed E-state index contributed by atoms with van der Waals surface area (Å²) in [6.45, 7) is 32.7. The molecule has 0 nitrogen and oxygen atoms in total. The third kappa shape index (κ3) is 8.70. The van der Waals surface area contributed by atoms with Crippen LogP contribution in [0, 0.1) is 68.0 Å². The summed E-state index contributed by atoms with van der Waals surface area (Å²) in [6, 6.07) is 0. The van der Waals surface area contributed by atoms with Gasteiger partial charge in [0.2, 0.25) is 0 Å². The van der Waals surface area contributed by atoms with Gasteiger partial charge in [0.05, 0.1) is 0 Å². The Hall–Kier alpha value is -0.880. The first kappa shape index (κ1) is 27.2. The minimum atomic E-state index is -0.0222. The van der Waals surface area contributed by atoms with Gasteiger partial charge in [0, 0.05) is 16.2 Å². The number of hydrogen-bond acceptors (Lipinski definition) is 0. The van der Waals surface area contributed by atoms with E-state index >= 15 is 0 Å². The molecule has 0 N–H and O–H groups in total. The molecule has 0 spiro atoms. The van der Waals surface area contributed by atoms with Crippen molar-refractivity contribution >= 4 is 0 Å². The normalized spacial score (nSPS) is 20.7. The molecule has 1 aliphatic carbocycles. The largest absolute Gasteiger partial charge is 0.106 e. The van der Waals surface area contributed by atoms with Crippen molar-refractivity contribution in [3.8, 4) is 23.7 Å². The van der Waals surface area contributed by atoms with Crippen molar-refractivity contribution in [1.82, 2.24) is 0 Å². The van der Waals surface area contributed by atoms with Crippen LogP contribution < -0.4 is 0 Å². The SMILES string of the molecule is CC#CC(C)(C)CC(C)(C)C#CC(C)(C)CC(C)(C)C1CC1C(C)(C)CC(C)(C)C. The minimum Gasteiger partial charge on any atom is -0.106 e. The Morgan fingerprint density at radius 1 is 0.533 bits per heavy atom. The van der Waals surface area contributed by atoms with Gasteiger partial charge in [0.15, 0.2) is 0 Å². The Kier molecular flexibility index (Phi) is 7.76. The van der Waals surface area contributed by atoms with E-state index in [1.807, 2.05) is 6.92 Å². The summed E-state index contributed by atoms with van der Waals surface area (Å²) < 4.78 is 0. The van der Waals surface area contributed by atoms with Crippen molar-refractivity contribution in [3.05, 3.63) is 0 Å². The van der Waals surface area contributed by atoms with Gasteiger partial charge in [-0.1, -0.05) is 66.2 Å². The van der Waals surface area contributed by atoms with E-state index < -0.39 is 0 Å². The molecule has 0 heterocycles. The van der Waals surface area contributed by atoms with Crippen molar-refractivity contribution in [2.45, 2.75) is 123 Å². The lowest BCUT2D eigenvalue weighted by Gasteiger charge is -2.37. The van der Waals surface area contributed by atoms with Crippen LogP contribution in [0.2, 0.25) is 0 Å². The molecule has 0 aromatic heterocycles. The van der Waals surface area contributed by atoms with Crippen LogP contribution in [0.15, 0.2) is 0 Å². The van der Waals surface area contributed by atoms with Crippen molar-refractivity contribution in [1.29, 1.82) is 0 Å². The fourth-order valence-corrected chi connectivity index (χ4v) is 6.60. The van der Waals surface area contributed by atoms with Gasteiger partial charge in [0.25, 0.3) is 0 Å². The first-order chi connectivity index (χ1) is 13.1. The van der Waals surface area contributed by atoms with Gasteiger partial charge >= 0.3 is 0 Å². The third-order valence-electron chi connectivity index (χ3n) is 6.77. The van der Waals surface area contributed by atoms with Gasteiger partial charge in [-0.25, -0.2) is 0 Å². The first-order valence-corrected chi connectivity index (χ1v) is 12.1. The van der Waals surface area contributed by atoms with E-state index in [2.05, 4.69) is 114 Å². The highest BCUT2D eigenvalue weighted by molar-refractivity contribution is 5.19. The van der Waals surface area contributed by atoms with Crippen LogP contribution in [-0.4, -0.2) is 0 Å². The van der Waals surface area contributed by atoms with Crippen molar-refractivity contribution in [2.24, 2.45) is 44.3 Å². The van der Waals surface area contributed by atoms with Crippen LogP contribution in [0.4, 0.5) is 0 Å². The Labute approximate surface area is 190 Å². The summed E-state index contributed by atoms with van der Waals surface area (Å²) in [4.78, 5) is 0. The zero-order valence-corrected chi connectivity index (χ0v) is 23.0. The van der Waals surface area contributed by atoms with E-state index in [1.54, 1.807) is 0 Å². The van der Waals surface area contributed by atoms with Crippen molar-refractivity contribution in [3.63, 3.8) is 0 Å². The van der Waals surface area contributed by atoms with Gasteiger partial charge in [-0.3, -0.25) is 0 Å². The van der Waals surface area contributed by atoms with Gasteiger partial charge < -0.3 is 0 Å². The molecule has 0 radical (unpaired) electrons. The molecule has 1 rings (SSSR count). The molecule has 0 saturated heterocycles. The van der Waals surface area contributed by atoms with Gasteiger partial charge in [0.1, 0.15) is 0 Å². The zero-order valence-electron chi connectivity index (χ0n) is 23.0. The molecule has 1 saturated carbocycles. The topological polar surface area (TPSA) is 0 Å². The summed E-state index contributed by atoms with van der Waals surface area (Å²) in [5.74, 6) is 15.5. The highest BCUT2D eigenvalue weighted by Crippen LogP contribution is 2.63. The maximum atomic E-state index is 3.70. The lowest BCUT2D eigenvalue weighted by Crippen LogP contribution is -2.29. The van der Waals surface area contributed by atoms with Crippen LogP contribution in [0.5, 0.6) is 0 Å². The fourth-order valence-electron chi connectivity index (χ4n) is 6.60. The molecular weight excluding hydrogens is 360 g/mol. The Bertz CT molecular complexity index is 710. The van der Waals surface area contributed by atoms with Gasteiger partial charge in [-0.05, 0) is 102 Å². The smallest absolute Gasteiger partial charge is 0.0272 e. The second kappa shape index (κ2) is 8.57. The molecule has 0 bridgehead atoms. The molecule has 2 unspecified atom stereocenters. The van der Waals surface area contributed by atoms with E-state index in [-0.39, 0.29) is 16.2 Å². The minimum absolute atomic E-state index is 0.0101. The molecule has 30 heavy (non-hydrogen) atoms. The van der Waals surface area contributed by atoms with Crippen molar-refractivity contribution < 1.29 is 0 Å². The zero-order chi connectivity index (χ0) is 23.8. The Morgan fingerprint density at radius 2 is 0.900 bits per heavy atom. The van der Waals surface area contributed by atoms with E-state index in [0.717, 1.165) is 24.7 Å². The average Bonchev–Trinajstić information content (AvgIpc) is 3.22. The first-order valence-electron chi connectivity index (χ1n) is 12.1. The summed E-state index contributed by atoms with van der Waals surface area (Å²) in [7, 11) is 0. The van der Waals surface area contributed by atoms with Crippen LogP contribution in [0.1, 0.15) is 123 Å². The molecule has 0 aliphatic heterocycles. The van der Waals surface area contributed by atoms with Crippen LogP contribution in [-0.2, 0) is 0 Å². The predicted octanol–water partition coefficient (Wildman–Crippen LogP) is 9.00. The molecule has 0 aromatic carbocycles. The number of hydrogen-bond donors (Lipinski definition) is 0. The molecule has 172 valence electrons. The third-order valence-corrected chi connectivity index (χ3v) is 6.77. The van der Waals surface area contributed by atoms with Gasteiger partial charge in [-0.15, -0.1) is 5.92 Å². The number of rotatable bonds is 7. The quantitative estimate of drug-likeness (QED) is 0.366. The monoisotopic (exact) mass is 412 g/mol. The second-order valence-electron chi connectivity index (χ2n) is 14.8. The summed E-state index contributed by atoms with van der Waals surface area (Å²) in [5.41, 5.74) is 1.16. The lowest BCUT2D eigenvalue weighted by atomic mass is 9.67. The van der Waals surface area contributed by atoms with Crippen LogP contribution in [0.25, 0.3) is 0 Å². The van der Waals surface area contributed by atoms with E-state index in [4.69, 9.17) is 0 Å². The maximum Gasteiger partial charge on any atom is 0.0272 e. The van der Waals surface area contributed by atoms with Crippen LogP contribution >= 0.6 is 0 Å². The molecule has 0 aromatic rings. The average molecular weight is 413 g/mol. The maximum absolute atomic E-state index is 3.70. The summed E-state index contributed by atoms with van der Waals surface area (Å²) in [5, 5.41) is 0. The molecular formula is C30H52. The highest BCUT2D eigenvalue weighted by atomic mass is 14.6. The van der Waals surface area contributed by atoms with E-state index in [9.17, 15) is 0 Å². The van der Waals surface area contributed by atoms with E-state index in [1.165, 1.54) is 12.8 Å². The molecule has 1 fully saturated rings. The lowest BCUT2D eigenvalue weighted by molar-refractivity contribution is 0.134. The molecule has 1 aliphatic rings. The Morgan fingerprint density at radius 3 is 1.30 bits per heavy atom. The Balaban J connectivity index is 2.87. The summed E-state index contributed by atoms with van der Waals surface area (Å²) in [6.07, 6.45) is 4.84. The second-order valence-corrected chi connectivity index (χ2v) is 14.8. The van der Waals surface area contributed by atoms with Crippen molar-refractivity contribution in [2.75, 3.05) is 0 Å². The highest BCUT2D eigenvalue weighted by Gasteiger charge is 2.55. The fraction of sp³-hybridized carbons (Fsp3) is 0.867. The molecule has 0 amide bonds. The standard InChI is InChI=1S/C30H52/c1-15-16-26(5,6)21-27(7,8)17-18-28(9,10)22-30(13,14)24-19-23(24)29(11,12)20-25(2,3)4/h23-24H,19-22H2,1-14H3. The van der Waals surface area contributed by atoms with E-state index in [0.29, 0.717) is 16.2 Å².